The Labute approximate surface area is 124 Å². The predicted molar refractivity (Wildman–Crippen MR) is 84.8 cm³/mol. The van der Waals surface area contributed by atoms with Gasteiger partial charge in [-0.15, -0.1) is 0 Å². The van der Waals surface area contributed by atoms with Crippen molar-refractivity contribution in [3.05, 3.63) is 29.3 Å². The minimum Gasteiger partial charge on any atom is -0.487 e. The van der Waals surface area contributed by atoms with Gasteiger partial charge in [-0.3, -0.25) is 0 Å². The monoisotopic (exact) mass is 276 g/mol. The third kappa shape index (κ3) is 4.52. The van der Waals surface area contributed by atoms with Crippen LogP contribution in [-0.2, 0) is 0 Å². The van der Waals surface area contributed by atoms with Crippen molar-refractivity contribution in [2.45, 2.75) is 52.4 Å². The number of aryl methyl sites for hydroxylation is 1. The number of benzene rings is 1. The minimum absolute atomic E-state index is 0.524. The molecule has 1 aliphatic heterocycles. The van der Waals surface area contributed by atoms with Gasteiger partial charge in [-0.1, -0.05) is 26.0 Å². The zero-order valence-electron chi connectivity index (χ0n) is 13.4. The molecule has 20 heavy (non-hydrogen) atoms. The third-order valence-electron chi connectivity index (χ3n) is 4.31. The molecule has 1 aromatic carbocycles. The summed E-state index contributed by atoms with van der Waals surface area (Å²) >= 11 is 0. The number of quaternary nitrogens is 1. The largest absolute Gasteiger partial charge is 0.487 e. The van der Waals surface area contributed by atoms with E-state index in [1.165, 1.54) is 49.9 Å². The Kier molecular flexibility index (Phi) is 5.90. The van der Waals surface area contributed by atoms with Crippen molar-refractivity contribution in [1.29, 1.82) is 0 Å². The van der Waals surface area contributed by atoms with Gasteiger partial charge in [-0.05, 0) is 55.7 Å². The van der Waals surface area contributed by atoms with Crippen molar-refractivity contribution >= 4 is 0 Å². The van der Waals surface area contributed by atoms with Crippen LogP contribution < -0.4 is 9.64 Å². The first-order valence-corrected chi connectivity index (χ1v) is 8.23. The van der Waals surface area contributed by atoms with Gasteiger partial charge in [-0.25, -0.2) is 0 Å². The van der Waals surface area contributed by atoms with Crippen molar-refractivity contribution in [3.8, 4) is 5.75 Å². The summed E-state index contributed by atoms with van der Waals surface area (Å²) in [5.41, 5.74) is 2.62. The third-order valence-corrected chi connectivity index (χ3v) is 4.31. The van der Waals surface area contributed by atoms with E-state index in [0.717, 1.165) is 18.9 Å². The SMILES string of the molecule is Cc1ccc(C(C)C)c(OCC[NH+]2CCCCCC2)c1. The Morgan fingerprint density at radius 2 is 1.80 bits per heavy atom. The van der Waals surface area contributed by atoms with Gasteiger partial charge < -0.3 is 9.64 Å². The van der Waals surface area contributed by atoms with Crippen LogP contribution >= 0.6 is 0 Å². The summed E-state index contributed by atoms with van der Waals surface area (Å²) in [7, 11) is 0. The van der Waals surface area contributed by atoms with Crippen molar-refractivity contribution in [3.63, 3.8) is 0 Å². The van der Waals surface area contributed by atoms with Gasteiger partial charge in [0.15, 0.2) is 0 Å². The molecule has 1 heterocycles. The Morgan fingerprint density at radius 1 is 1.10 bits per heavy atom. The number of ether oxygens (including phenoxy) is 1. The zero-order valence-corrected chi connectivity index (χ0v) is 13.4. The van der Waals surface area contributed by atoms with Gasteiger partial charge in [-0.2, -0.15) is 0 Å². The second-order valence-electron chi connectivity index (χ2n) is 6.46. The molecule has 2 heteroatoms. The average Bonchev–Trinajstić information content (AvgIpc) is 2.67. The van der Waals surface area contributed by atoms with Crippen LogP contribution in [-0.4, -0.2) is 26.2 Å². The summed E-state index contributed by atoms with van der Waals surface area (Å²) in [4.78, 5) is 1.72. The predicted octanol–water partition coefficient (Wildman–Crippen LogP) is 2.96. The highest BCUT2D eigenvalue weighted by atomic mass is 16.5. The van der Waals surface area contributed by atoms with E-state index < -0.39 is 0 Å². The number of rotatable bonds is 5. The normalized spacial score (nSPS) is 17.2. The molecular weight excluding hydrogens is 246 g/mol. The first-order chi connectivity index (χ1) is 9.66. The summed E-state index contributed by atoms with van der Waals surface area (Å²) in [6.07, 6.45) is 5.60. The minimum atomic E-state index is 0.524. The van der Waals surface area contributed by atoms with Crippen LogP contribution in [0.4, 0.5) is 0 Å². The molecule has 1 aliphatic rings. The van der Waals surface area contributed by atoms with E-state index in [9.17, 15) is 0 Å². The maximum atomic E-state index is 6.10. The molecule has 2 rings (SSSR count). The standard InChI is InChI=1S/C18H29NO/c1-15(2)17-9-8-16(3)14-18(17)20-13-12-19-10-6-4-5-7-11-19/h8-9,14-15H,4-7,10-13H2,1-3H3/p+1. The number of hydrogen-bond acceptors (Lipinski definition) is 1. The van der Waals surface area contributed by atoms with E-state index >= 15 is 0 Å². The lowest BCUT2D eigenvalue weighted by Gasteiger charge is -2.19. The molecule has 0 unspecified atom stereocenters. The van der Waals surface area contributed by atoms with E-state index in [-0.39, 0.29) is 0 Å². The van der Waals surface area contributed by atoms with Gasteiger partial charge in [0.1, 0.15) is 18.9 Å². The van der Waals surface area contributed by atoms with Crippen molar-refractivity contribution in [2.24, 2.45) is 0 Å². The molecule has 0 saturated carbocycles. The van der Waals surface area contributed by atoms with E-state index in [0.29, 0.717) is 5.92 Å². The van der Waals surface area contributed by atoms with Crippen LogP contribution in [0.15, 0.2) is 18.2 Å². The topological polar surface area (TPSA) is 13.7 Å². The first-order valence-electron chi connectivity index (χ1n) is 8.23. The van der Waals surface area contributed by atoms with Gasteiger partial charge in [0.05, 0.1) is 13.1 Å². The fourth-order valence-corrected chi connectivity index (χ4v) is 3.03. The fourth-order valence-electron chi connectivity index (χ4n) is 3.03. The molecule has 0 aromatic heterocycles. The van der Waals surface area contributed by atoms with Crippen LogP contribution in [0.3, 0.4) is 0 Å². The molecule has 1 N–H and O–H groups in total. The van der Waals surface area contributed by atoms with E-state index in [2.05, 4.69) is 39.0 Å². The van der Waals surface area contributed by atoms with Crippen LogP contribution in [0.2, 0.25) is 0 Å². The summed E-state index contributed by atoms with van der Waals surface area (Å²) in [6.45, 7) is 11.2. The Balaban J connectivity index is 1.88. The van der Waals surface area contributed by atoms with Crippen molar-refractivity contribution in [2.75, 3.05) is 26.2 Å². The average molecular weight is 276 g/mol. The number of hydrogen-bond donors (Lipinski definition) is 1. The second kappa shape index (κ2) is 7.68. The lowest BCUT2D eigenvalue weighted by atomic mass is 10.0. The molecular formula is C18H30NO+. The van der Waals surface area contributed by atoms with E-state index in [4.69, 9.17) is 4.74 Å². The molecule has 1 fully saturated rings. The molecule has 1 aromatic rings. The molecule has 2 nitrogen and oxygen atoms in total. The van der Waals surface area contributed by atoms with E-state index in [1.807, 2.05) is 0 Å². The summed E-state index contributed by atoms with van der Waals surface area (Å²) < 4.78 is 6.10. The number of nitrogens with one attached hydrogen (secondary N) is 1. The maximum Gasteiger partial charge on any atom is 0.137 e. The van der Waals surface area contributed by atoms with Gasteiger partial charge in [0.25, 0.3) is 0 Å². The Bertz CT molecular complexity index is 406. The van der Waals surface area contributed by atoms with Gasteiger partial charge in [0.2, 0.25) is 0 Å². The zero-order chi connectivity index (χ0) is 14.4. The highest BCUT2D eigenvalue weighted by Crippen LogP contribution is 2.27. The Hall–Kier alpha value is -1.02. The van der Waals surface area contributed by atoms with Crippen molar-refractivity contribution < 1.29 is 9.64 Å². The summed E-state index contributed by atoms with van der Waals surface area (Å²) in [5.74, 6) is 1.62. The van der Waals surface area contributed by atoms with Gasteiger partial charge in [0, 0.05) is 0 Å². The first kappa shape index (κ1) is 15.4. The van der Waals surface area contributed by atoms with Crippen LogP contribution in [0.5, 0.6) is 5.75 Å². The lowest BCUT2D eigenvalue weighted by molar-refractivity contribution is -0.899. The molecule has 0 atom stereocenters. The molecule has 0 bridgehead atoms. The summed E-state index contributed by atoms with van der Waals surface area (Å²) in [6, 6.07) is 6.59. The van der Waals surface area contributed by atoms with E-state index in [1.54, 1.807) is 4.90 Å². The van der Waals surface area contributed by atoms with Crippen LogP contribution in [0, 0.1) is 6.92 Å². The second-order valence-corrected chi connectivity index (χ2v) is 6.46. The Morgan fingerprint density at radius 3 is 2.45 bits per heavy atom. The van der Waals surface area contributed by atoms with Crippen molar-refractivity contribution in [1.82, 2.24) is 0 Å². The summed E-state index contributed by atoms with van der Waals surface area (Å²) in [5, 5.41) is 0. The maximum absolute atomic E-state index is 6.10. The smallest absolute Gasteiger partial charge is 0.137 e. The van der Waals surface area contributed by atoms with Gasteiger partial charge >= 0.3 is 0 Å². The molecule has 1 saturated heterocycles. The molecule has 0 amide bonds. The number of likely N-dealkylation sites (tertiary alicyclic amines) is 1. The highest BCUT2D eigenvalue weighted by molar-refractivity contribution is 5.39. The molecule has 112 valence electrons. The highest BCUT2D eigenvalue weighted by Gasteiger charge is 2.13. The lowest BCUT2D eigenvalue weighted by Crippen LogP contribution is -3.12. The van der Waals surface area contributed by atoms with Crippen LogP contribution in [0.25, 0.3) is 0 Å². The molecule has 0 aliphatic carbocycles. The van der Waals surface area contributed by atoms with Crippen LogP contribution in [0.1, 0.15) is 56.6 Å². The molecule has 0 spiro atoms. The quantitative estimate of drug-likeness (QED) is 0.873. The fraction of sp³-hybridized carbons (Fsp3) is 0.667. The molecule has 0 radical (unpaired) electrons.